The summed E-state index contributed by atoms with van der Waals surface area (Å²) in [4.78, 5) is 35.6. The maximum Gasteiger partial charge on any atom is 0.312 e. The van der Waals surface area contributed by atoms with Crippen LogP contribution in [-0.2, 0) is 14.4 Å². The zero-order valence-electron chi connectivity index (χ0n) is 10.7. The largest absolute Gasteiger partial charge is 0.481 e. The number of benzene rings is 1. The Morgan fingerprint density at radius 3 is 2.85 bits per heavy atom. The van der Waals surface area contributed by atoms with Crippen molar-refractivity contribution >= 4 is 23.5 Å². The van der Waals surface area contributed by atoms with E-state index in [4.69, 9.17) is 10.8 Å². The fourth-order valence-electron chi connectivity index (χ4n) is 2.08. The number of amides is 2. The molecule has 0 radical (unpaired) electrons. The van der Waals surface area contributed by atoms with Crippen LogP contribution < -0.4 is 16.0 Å². The van der Waals surface area contributed by atoms with E-state index in [9.17, 15) is 14.4 Å². The second kappa shape index (κ2) is 5.70. The molecule has 1 aromatic carbocycles. The van der Waals surface area contributed by atoms with E-state index in [1.165, 1.54) is 4.90 Å². The molecular weight excluding hydrogens is 262 g/mol. The van der Waals surface area contributed by atoms with Crippen LogP contribution in [0.5, 0.6) is 0 Å². The predicted molar refractivity (Wildman–Crippen MR) is 71.2 cm³/mol. The molecule has 0 aromatic heterocycles. The summed E-state index contributed by atoms with van der Waals surface area (Å²) in [5.74, 6) is -2.33. The van der Waals surface area contributed by atoms with Gasteiger partial charge in [-0.15, -0.1) is 0 Å². The van der Waals surface area contributed by atoms with Gasteiger partial charge in [0.25, 0.3) is 0 Å². The van der Waals surface area contributed by atoms with Gasteiger partial charge < -0.3 is 21.1 Å². The number of hydrogen-bond acceptors (Lipinski definition) is 4. The first-order valence-electron chi connectivity index (χ1n) is 6.13. The molecule has 1 unspecified atom stereocenters. The Hall–Kier alpha value is -2.41. The predicted octanol–water partition coefficient (Wildman–Crippen LogP) is -0.724. The Kier molecular flexibility index (Phi) is 3.99. The normalized spacial score (nSPS) is 16.8. The van der Waals surface area contributed by atoms with Gasteiger partial charge in [-0.25, -0.2) is 0 Å². The van der Waals surface area contributed by atoms with Gasteiger partial charge in [-0.05, 0) is 17.7 Å². The lowest BCUT2D eigenvalue weighted by Crippen LogP contribution is -2.51. The average Bonchev–Trinajstić information content (AvgIpc) is 2.42. The SMILES string of the molecule is NCC(C(=O)O)c1cccc(N2CC(=O)NCC2=O)c1. The van der Waals surface area contributed by atoms with Crippen LogP contribution in [0.25, 0.3) is 0 Å². The molecule has 1 fully saturated rings. The number of nitrogens with one attached hydrogen (secondary N) is 1. The van der Waals surface area contributed by atoms with E-state index in [1.54, 1.807) is 24.3 Å². The number of anilines is 1. The number of hydrogen-bond donors (Lipinski definition) is 3. The fourth-order valence-corrected chi connectivity index (χ4v) is 2.08. The molecule has 106 valence electrons. The Morgan fingerprint density at radius 2 is 2.20 bits per heavy atom. The monoisotopic (exact) mass is 277 g/mol. The molecule has 1 atom stereocenters. The zero-order chi connectivity index (χ0) is 14.7. The molecule has 2 rings (SSSR count). The Bertz CT molecular complexity index is 558. The summed E-state index contributed by atoms with van der Waals surface area (Å²) in [5.41, 5.74) is 6.47. The third-order valence-electron chi connectivity index (χ3n) is 3.16. The number of carboxylic acid groups (broad SMARTS) is 1. The molecule has 0 aliphatic carbocycles. The standard InChI is InChI=1S/C13H15N3O4/c14-5-10(13(19)20)8-2-1-3-9(4-8)16-7-11(17)15-6-12(16)18/h1-4,10H,5-7,14H2,(H,15,17)(H,19,20). The lowest BCUT2D eigenvalue weighted by atomic mass is 9.98. The number of rotatable bonds is 4. The highest BCUT2D eigenvalue weighted by molar-refractivity contribution is 6.04. The van der Waals surface area contributed by atoms with Crippen LogP contribution >= 0.6 is 0 Å². The van der Waals surface area contributed by atoms with Crippen molar-refractivity contribution in [1.82, 2.24) is 5.32 Å². The van der Waals surface area contributed by atoms with Crippen molar-refractivity contribution in [2.75, 3.05) is 24.5 Å². The number of carbonyl (C=O) groups excluding carboxylic acids is 2. The van der Waals surface area contributed by atoms with Crippen molar-refractivity contribution in [2.24, 2.45) is 5.73 Å². The van der Waals surface area contributed by atoms with Crippen LogP contribution in [0.2, 0.25) is 0 Å². The van der Waals surface area contributed by atoms with Gasteiger partial charge in [-0.3, -0.25) is 14.4 Å². The molecule has 1 aliphatic rings. The van der Waals surface area contributed by atoms with Crippen molar-refractivity contribution in [2.45, 2.75) is 5.92 Å². The van der Waals surface area contributed by atoms with E-state index in [0.29, 0.717) is 11.3 Å². The summed E-state index contributed by atoms with van der Waals surface area (Å²) >= 11 is 0. The highest BCUT2D eigenvalue weighted by Gasteiger charge is 2.25. The summed E-state index contributed by atoms with van der Waals surface area (Å²) in [6, 6.07) is 6.54. The van der Waals surface area contributed by atoms with Gasteiger partial charge >= 0.3 is 5.97 Å². The Balaban J connectivity index is 2.31. The molecule has 1 aromatic rings. The number of carbonyl (C=O) groups is 3. The lowest BCUT2D eigenvalue weighted by molar-refractivity contribution is -0.138. The maximum absolute atomic E-state index is 11.8. The smallest absolute Gasteiger partial charge is 0.312 e. The maximum atomic E-state index is 11.8. The topological polar surface area (TPSA) is 113 Å². The summed E-state index contributed by atoms with van der Waals surface area (Å²) in [5, 5.41) is 11.6. The minimum Gasteiger partial charge on any atom is -0.481 e. The summed E-state index contributed by atoms with van der Waals surface area (Å²) < 4.78 is 0. The van der Waals surface area contributed by atoms with Gasteiger partial charge in [0.1, 0.15) is 6.54 Å². The highest BCUT2D eigenvalue weighted by atomic mass is 16.4. The third kappa shape index (κ3) is 2.77. The molecular formula is C13H15N3O4. The van der Waals surface area contributed by atoms with Gasteiger partial charge in [0.2, 0.25) is 11.8 Å². The zero-order valence-corrected chi connectivity index (χ0v) is 10.7. The van der Waals surface area contributed by atoms with Gasteiger partial charge in [-0.2, -0.15) is 0 Å². The second-order valence-electron chi connectivity index (χ2n) is 4.48. The summed E-state index contributed by atoms with van der Waals surface area (Å²) in [6.45, 7) is -0.155. The molecule has 0 saturated carbocycles. The fraction of sp³-hybridized carbons (Fsp3) is 0.308. The van der Waals surface area contributed by atoms with Gasteiger partial charge in [0.15, 0.2) is 0 Å². The van der Waals surface area contributed by atoms with E-state index in [2.05, 4.69) is 5.32 Å². The molecule has 7 nitrogen and oxygen atoms in total. The quantitative estimate of drug-likeness (QED) is 0.672. The van der Waals surface area contributed by atoms with Crippen molar-refractivity contribution in [3.8, 4) is 0 Å². The second-order valence-corrected chi connectivity index (χ2v) is 4.48. The van der Waals surface area contributed by atoms with Crippen molar-refractivity contribution < 1.29 is 19.5 Å². The number of aliphatic carboxylic acids is 1. The summed E-state index contributed by atoms with van der Waals surface area (Å²) in [7, 11) is 0. The van der Waals surface area contributed by atoms with E-state index in [0.717, 1.165) is 0 Å². The summed E-state index contributed by atoms with van der Waals surface area (Å²) in [6.07, 6.45) is 0. The Labute approximate surface area is 115 Å². The van der Waals surface area contributed by atoms with Gasteiger partial charge in [0, 0.05) is 12.2 Å². The average molecular weight is 277 g/mol. The number of nitrogens with two attached hydrogens (primary N) is 1. The van der Waals surface area contributed by atoms with Crippen LogP contribution in [0, 0.1) is 0 Å². The van der Waals surface area contributed by atoms with Crippen LogP contribution in [0.4, 0.5) is 5.69 Å². The molecule has 20 heavy (non-hydrogen) atoms. The van der Waals surface area contributed by atoms with Crippen molar-refractivity contribution in [3.63, 3.8) is 0 Å². The molecule has 2 amide bonds. The molecule has 1 aliphatic heterocycles. The first-order chi connectivity index (χ1) is 9.52. The lowest BCUT2D eigenvalue weighted by Gasteiger charge is -2.27. The van der Waals surface area contributed by atoms with Gasteiger partial charge in [-0.1, -0.05) is 12.1 Å². The van der Waals surface area contributed by atoms with E-state index < -0.39 is 11.9 Å². The van der Waals surface area contributed by atoms with E-state index in [-0.39, 0.29) is 31.4 Å². The third-order valence-corrected chi connectivity index (χ3v) is 3.16. The van der Waals surface area contributed by atoms with Crippen LogP contribution in [0.3, 0.4) is 0 Å². The molecule has 1 saturated heterocycles. The minimum absolute atomic E-state index is 0.0345. The molecule has 4 N–H and O–H groups in total. The minimum atomic E-state index is -1.02. The van der Waals surface area contributed by atoms with Crippen LogP contribution in [0.1, 0.15) is 11.5 Å². The number of carboxylic acids is 1. The van der Waals surface area contributed by atoms with E-state index >= 15 is 0 Å². The number of piperazine rings is 1. The van der Waals surface area contributed by atoms with Crippen molar-refractivity contribution in [1.29, 1.82) is 0 Å². The molecule has 0 bridgehead atoms. The molecule has 7 heteroatoms. The van der Waals surface area contributed by atoms with Crippen LogP contribution in [-0.4, -0.2) is 42.5 Å². The number of nitrogens with zero attached hydrogens (tertiary/aromatic N) is 1. The van der Waals surface area contributed by atoms with Crippen molar-refractivity contribution in [3.05, 3.63) is 29.8 Å². The molecule has 0 spiro atoms. The highest BCUT2D eigenvalue weighted by Crippen LogP contribution is 2.22. The first kappa shape index (κ1) is 14.0. The Morgan fingerprint density at radius 1 is 1.45 bits per heavy atom. The first-order valence-corrected chi connectivity index (χ1v) is 6.13. The van der Waals surface area contributed by atoms with E-state index in [1.807, 2.05) is 0 Å². The van der Waals surface area contributed by atoms with Gasteiger partial charge in [0.05, 0.1) is 12.5 Å². The van der Waals surface area contributed by atoms with Crippen LogP contribution in [0.15, 0.2) is 24.3 Å². The molecule has 1 heterocycles.